The fraction of sp³-hybridized carbons (Fsp3) is 0.500. The second-order valence-corrected chi connectivity index (χ2v) is 6.36. The van der Waals surface area contributed by atoms with Gasteiger partial charge >= 0.3 is 0 Å². The molecule has 1 heterocycles. The molecule has 1 aromatic carbocycles. The number of aliphatic hydroxyl groups is 1. The second-order valence-electron chi connectivity index (χ2n) is 5.06. The number of aliphatic hydroxyl groups excluding tert-OH is 1. The van der Waals surface area contributed by atoms with Crippen molar-refractivity contribution in [3.63, 3.8) is 0 Å². The van der Waals surface area contributed by atoms with Gasteiger partial charge in [-0.2, -0.15) is 0 Å². The van der Waals surface area contributed by atoms with Crippen molar-refractivity contribution >= 4 is 38.8 Å². The van der Waals surface area contributed by atoms with Gasteiger partial charge in [-0.05, 0) is 53.7 Å². The van der Waals surface area contributed by atoms with Gasteiger partial charge in [0.25, 0.3) is 0 Å². The summed E-state index contributed by atoms with van der Waals surface area (Å²) in [6.07, 6.45) is 1.78. The van der Waals surface area contributed by atoms with Gasteiger partial charge in [0, 0.05) is 28.8 Å². The van der Waals surface area contributed by atoms with Crippen LogP contribution in [0.4, 0.5) is 5.69 Å². The summed E-state index contributed by atoms with van der Waals surface area (Å²) in [5, 5.41) is 9.65. The van der Waals surface area contributed by atoms with Crippen molar-refractivity contribution in [3.8, 4) is 0 Å². The third-order valence-electron chi connectivity index (χ3n) is 3.80. The third-order valence-corrected chi connectivity index (χ3v) is 4.67. The van der Waals surface area contributed by atoms with Crippen molar-refractivity contribution < 1.29 is 5.11 Å². The van der Waals surface area contributed by atoms with Gasteiger partial charge in [-0.3, -0.25) is 0 Å². The molecule has 1 saturated heterocycles. The van der Waals surface area contributed by atoms with Gasteiger partial charge in [-0.1, -0.05) is 18.3 Å². The van der Waals surface area contributed by atoms with E-state index in [1.165, 1.54) is 0 Å². The minimum atomic E-state index is -0.222. The Labute approximate surface area is 127 Å². The molecule has 19 heavy (non-hydrogen) atoms. The van der Waals surface area contributed by atoms with Crippen LogP contribution in [0.15, 0.2) is 22.7 Å². The summed E-state index contributed by atoms with van der Waals surface area (Å²) in [5.41, 5.74) is 7.83. The summed E-state index contributed by atoms with van der Waals surface area (Å²) in [6, 6.07) is 6.02. The third kappa shape index (κ3) is 3.27. The summed E-state index contributed by atoms with van der Waals surface area (Å²) in [7, 11) is 0. The lowest BCUT2D eigenvalue weighted by atomic mass is 9.91. The Bertz CT molecular complexity index is 471. The van der Waals surface area contributed by atoms with Crippen molar-refractivity contribution in [2.24, 2.45) is 11.7 Å². The number of thiocarbonyl (C=S) groups is 1. The summed E-state index contributed by atoms with van der Waals surface area (Å²) in [5.74, 6) is 0.400. The van der Waals surface area contributed by atoms with Gasteiger partial charge in [-0.15, -0.1) is 0 Å². The molecule has 0 aromatic heterocycles. The molecule has 0 radical (unpaired) electrons. The second kappa shape index (κ2) is 6.20. The van der Waals surface area contributed by atoms with Gasteiger partial charge in [0.1, 0.15) is 4.99 Å². The van der Waals surface area contributed by atoms with E-state index in [4.69, 9.17) is 18.0 Å². The SMILES string of the molecule is CC(O)C1CCN(c2cccc(Br)c2C(N)=S)CC1. The number of hydrogen-bond acceptors (Lipinski definition) is 3. The van der Waals surface area contributed by atoms with E-state index in [1.54, 1.807) is 0 Å². The van der Waals surface area contributed by atoms with E-state index in [-0.39, 0.29) is 6.10 Å². The van der Waals surface area contributed by atoms with Gasteiger partial charge in [-0.25, -0.2) is 0 Å². The molecular weight excluding hydrogens is 324 g/mol. The Morgan fingerprint density at radius 1 is 1.47 bits per heavy atom. The Balaban J connectivity index is 2.20. The Morgan fingerprint density at radius 2 is 2.11 bits per heavy atom. The molecule has 104 valence electrons. The van der Waals surface area contributed by atoms with E-state index in [0.717, 1.165) is 41.7 Å². The number of hydrogen-bond donors (Lipinski definition) is 2. The summed E-state index contributed by atoms with van der Waals surface area (Å²) >= 11 is 8.67. The Morgan fingerprint density at radius 3 is 2.63 bits per heavy atom. The van der Waals surface area contributed by atoms with Crippen LogP contribution in [0.2, 0.25) is 0 Å². The van der Waals surface area contributed by atoms with Crippen LogP contribution in [0.1, 0.15) is 25.3 Å². The maximum Gasteiger partial charge on any atom is 0.107 e. The highest BCUT2D eigenvalue weighted by Gasteiger charge is 2.24. The van der Waals surface area contributed by atoms with Crippen LogP contribution < -0.4 is 10.6 Å². The normalized spacial score (nSPS) is 18.4. The van der Waals surface area contributed by atoms with Crippen molar-refractivity contribution in [2.75, 3.05) is 18.0 Å². The molecule has 0 aliphatic carbocycles. The summed E-state index contributed by atoms with van der Waals surface area (Å²) in [6.45, 7) is 3.74. The van der Waals surface area contributed by atoms with Crippen LogP contribution >= 0.6 is 28.1 Å². The molecule has 5 heteroatoms. The molecule has 0 saturated carbocycles. The molecule has 0 bridgehead atoms. The lowest BCUT2D eigenvalue weighted by Crippen LogP contribution is -2.38. The molecule has 1 aliphatic heterocycles. The predicted molar refractivity (Wildman–Crippen MR) is 86.6 cm³/mol. The van der Waals surface area contributed by atoms with E-state index in [2.05, 4.69) is 26.9 Å². The maximum atomic E-state index is 9.65. The first-order chi connectivity index (χ1) is 9.00. The van der Waals surface area contributed by atoms with Gasteiger partial charge in [0.2, 0.25) is 0 Å². The van der Waals surface area contributed by atoms with Crippen molar-refractivity contribution in [1.82, 2.24) is 0 Å². The molecule has 1 aromatic rings. The number of halogens is 1. The van der Waals surface area contributed by atoms with E-state index in [9.17, 15) is 5.11 Å². The molecule has 3 nitrogen and oxygen atoms in total. The van der Waals surface area contributed by atoms with Gasteiger partial charge < -0.3 is 15.7 Å². The molecule has 3 N–H and O–H groups in total. The zero-order valence-electron chi connectivity index (χ0n) is 11.0. The highest BCUT2D eigenvalue weighted by molar-refractivity contribution is 9.10. The largest absolute Gasteiger partial charge is 0.393 e. The smallest absolute Gasteiger partial charge is 0.107 e. The lowest BCUT2D eigenvalue weighted by molar-refractivity contribution is 0.110. The van der Waals surface area contributed by atoms with Crippen LogP contribution in [0.5, 0.6) is 0 Å². The van der Waals surface area contributed by atoms with E-state index >= 15 is 0 Å². The first kappa shape index (κ1) is 14.8. The lowest BCUT2D eigenvalue weighted by Gasteiger charge is -2.35. The number of anilines is 1. The quantitative estimate of drug-likeness (QED) is 0.829. The van der Waals surface area contributed by atoms with Crippen molar-refractivity contribution in [1.29, 1.82) is 0 Å². The van der Waals surface area contributed by atoms with Crippen LogP contribution in [0.3, 0.4) is 0 Å². The number of benzene rings is 1. The van der Waals surface area contributed by atoms with Crippen molar-refractivity contribution in [3.05, 3.63) is 28.2 Å². The van der Waals surface area contributed by atoms with Gasteiger partial charge in [0.15, 0.2) is 0 Å². The van der Waals surface area contributed by atoms with Crippen molar-refractivity contribution in [2.45, 2.75) is 25.9 Å². The minimum Gasteiger partial charge on any atom is -0.393 e. The maximum absolute atomic E-state index is 9.65. The summed E-state index contributed by atoms with van der Waals surface area (Å²) in [4.78, 5) is 2.72. The van der Waals surface area contributed by atoms with Crippen LogP contribution in [0.25, 0.3) is 0 Å². The average molecular weight is 343 g/mol. The fourth-order valence-corrected chi connectivity index (χ4v) is 3.56. The Kier molecular flexibility index (Phi) is 4.81. The van der Waals surface area contributed by atoms with Crippen LogP contribution in [-0.2, 0) is 0 Å². The highest BCUT2D eigenvalue weighted by Crippen LogP contribution is 2.31. The van der Waals surface area contributed by atoms with Crippen LogP contribution in [-0.4, -0.2) is 29.3 Å². The monoisotopic (exact) mass is 342 g/mol. The fourth-order valence-electron chi connectivity index (χ4n) is 2.64. The first-order valence-corrected chi connectivity index (χ1v) is 7.72. The molecule has 1 fully saturated rings. The zero-order chi connectivity index (χ0) is 14.0. The summed E-state index contributed by atoms with van der Waals surface area (Å²) < 4.78 is 0.940. The number of piperidine rings is 1. The molecule has 1 aliphatic rings. The van der Waals surface area contributed by atoms with E-state index in [1.807, 2.05) is 19.1 Å². The molecule has 1 unspecified atom stereocenters. The number of rotatable bonds is 3. The molecule has 1 atom stereocenters. The van der Waals surface area contributed by atoms with E-state index in [0.29, 0.717) is 10.9 Å². The van der Waals surface area contributed by atoms with E-state index < -0.39 is 0 Å². The first-order valence-electron chi connectivity index (χ1n) is 6.52. The van der Waals surface area contributed by atoms with Gasteiger partial charge in [0.05, 0.1) is 6.10 Å². The zero-order valence-corrected chi connectivity index (χ0v) is 13.4. The number of nitrogens with two attached hydrogens (primary N) is 1. The number of nitrogens with zero attached hydrogens (tertiary/aromatic N) is 1. The van der Waals surface area contributed by atoms with Crippen LogP contribution in [0, 0.1) is 5.92 Å². The molecule has 0 spiro atoms. The Hall–Kier alpha value is -0.650. The molecular formula is C14H19BrN2OS. The topological polar surface area (TPSA) is 49.5 Å². The minimum absolute atomic E-state index is 0.222. The predicted octanol–water partition coefficient (Wildman–Crippen LogP) is 2.68. The average Bonchev–Trinajstić information content (AvgIpc) is 2.38. The highest BCUT2D eigenvalue weighted by atomic mass is 79.9. The molecule has 2 rings (SSSR count). The molecule has 0 amide bonds. The standard InChI is InChI=1S/C14H19BrN2OS/c1-9(18)10-5-7-17(8-6-10)12-4-2-3-11(15)13(12)14(16)19/h2-4,9-10,18H,5-8H2,1H3,(H2,16,19).